The minimum Gasteiger partial charge on any atom is -0.469 e. The SMILES string of the molecule is Cc1occc1-c1nnc(SCc2nc(-c3cccc(C(F)(F)F)c3)no2)n1C. The quantitative estimate of drug-likeness (QED) is 0.430. The van der Waals surface area contributed by atoms with Crippen LogP contribution >= 0.6 is 11.8 Å². The van der Waals surface area contributed by atoms with E-state index in [4.69, 9.17) is 8.94 Å². The van der Waals surface area contributed by atoms with E-state index >= 15 is 0 Å². The van der Waals surface area contributed by atoms with Crippen LogP contribution in [0, 0.1) is 6.92 Å². The maximum Gasteiger partial charge on any atom is 0.416 e. The van der Waals surface area contributed by atoms with Crippen molar-refractivity contribution in [3.05, 3.63) is 53.8 Å². The van der Waals surface area contributed by atoms with Crippen molar-refractivity contribution in [3.63, 3.8) is 0 Å². The van der Waals surface area contributed by atoms with Crippen molar-refractivity contribution < 1.29 is 22.1 Å². The van der Waals surface area contributed by atoms with Gasteiger partial charge in [0.2, 0.25) is 11.7 Å². The molecule has 0 saturated heterocycles. The number of furan rings is 1. The van der Waals surface area contributed by atoms with E-state index in [0.717, 1.165) is 23.5 Å². The monoisotopic (exact) mass is 421 g/mol. The molecule has 3 heterocycles. The summed E-state index contributed by atoms with van der Waals surface area (Å²) in [5, 5.41) is 12.7. The van der Waals surface area contributed by atoms with Gasteiger partial charge in [-0.2, -0.15) is 18.2 Å². The number of halogens is 3. The third-order valence-electron chi connectivity index (χ3n) is 4.18. The molecule has 3 aromatic heterocycles. The number of nitrogens with zero attached hydrogens (tertiary/aromatic N) is 5. The van der Waals surface area contributed by atoms with E-state index in [9.17, 15) is 13.2 Å². The highest BCUT2D eigenvalue weighted by Crippen LogP contribution is 2.32. The Kier molecular flexibility index (Phi) is 4.91. The van der Waals surface area contributed by atoms with E-state index in [-0.39, 0.29) is 17.3 Å². The van der Waals surface area contributed by atoms with Crippen molar-refractivity contribution >= 4 is 11.8 Å². The van der Waals surface area contributed by atoms with Crippen LogP contribution in [-0.4, -0.2) is 24.9 Å². The molecule has 1 aromatic carbocycles. The zero-order valence-electron chi connectivity index (χ0n) is 15.3. The summed E-state index contributed by atoms with van der Waals surface area (Å²) >= 11 is 1.32. The van der Waals surface area contributed by atoms with Gasteiger partial charge in [-0.15, -0.1) is 10.2 Å². The fraction of sp³-hybridized carbons (Fsp3) is 0.222. The second-order valence-electron chi connectivity index (χ2n) is 6.13. The standard InChI is InChI=1S/C18H14F3N5O2S/c1-10-13(6-7-27-10)16-23-24-17(26(16)2)29-9-14-22-15(25-28-14)11-4-3-5-12(8-11)18(19,20)21/h3-8H,9H2,1-2H3. The molecular formula is C18H14F3N5O2S. The highest BCUT2D eigenvalue weighted by molar-refractivity contribution is 7.98. The summed E-state index contributed by atoms with van der Waals surface area (Å²) in [5.41, 5.74) is 0.310. The summed E-state index contributed by atoms with van der Waals surface area (Å²) in [6.07, 6.45) is -2.85. The summed E-state index contributed by atoms with van der Waals surface area (Å²) < 4.78 is 50.9. The van der Waals surface area contributed by atoms with Crippen LogP contribution in [-0.2, 0) is 19.0 Å². The fourth-order valence-corrected chi connectivity index (χ4v) is 3.43. The van der Waals surface area contributed by atoms with Crippen molar-refractivity contribution in [2.24, 2.45) is 7.05 Å². The molecule has 0 amide bonds. The van der Waals surface area contributed by atoms with Crippen LogP contribution in [0.4, 0.5) is 13.2 Å². The van der Waals surface area contributed by atoms with Crippen molar-refractivity contribution in [1.29, 1.82) is 0 Å². The van der Waals surface area contributed by atoms with Gasteiger partial charge in [0.1, 0.15) is 5.76 Å². The summed E-state index contributed by atoms with van der Waals surface area (Å²) in [6.45, 7) is 1.84. The van der Waals surface area contributed by atoms with Gasteiger partial charge in [0, 0.05) is 12.6 Å². The minimum atomic E-state index is -4.44. The first-order chi connectivity index (χ1) is 13.8. The Morgan fingerprint density at radius 3 is 2.72 bits per heavy atom. The highest BCUT2D eigenvalue weighted by Gasteiger charge is 2.30. The van der Waals surface area contributed by atoms with Gasteiger partial charge in [-0.1, -0.05) is 29.1 Å². The Balaban J connectivity index is 1.49. The number of aryl methyl sites for hydroxylation is 1. The van der Waals surface area contributed by atoms with E-state index in [1.165, 1.54) is 23.9 Å². The van der Waals surface area contributed by atoms with Crippen molar-refractivity contribution in [2.45, 2.75) is 24.0 Å². The molecular weight excluding hydrogens is 407 g/mol. The lowest BCUT2D eigenvalue weighted by atomic mass is 10.1. The molecule has 4 aromatic rings. The number of benzene rings is 1. The van der Waals surface area contributed by atoms with Gasteiger partial charge in [-0.05, 0) is 25.1 Å². The molecule has 29 heavy (non-hydrogen) atoms. The van der Waals surface area contributed by atoms with E-state index in [1.807, 2.05) is 24.6 Å². The summed E-state index contributed by atoms with van der Waals surface area (Å²) in [7, 11) is 1.83. The highest BCUT2D eigenvalue weighted by atomic mass is 32.2. The predicted molar refractivity (Wildman–Crippen MR) is 97.7 cm³/mol. The number of hydrogen-bond acceptors (Lipinski definition) is 7. The molecule has 0 fully saturated rings. The van der Waals surface area contributed by atoms with E-state index in [0.29, 0.717) is 16.7 Å². The van der Waals surface area contributed by atoms with Crippen LogP contribution < -0.4 is 0 Å². The molecule has 7 nitrogen and oxygen atoms in total. The molecule has 11 heteroatoms. The smallest absolute Gasteiger partial charge is 0.416 e. The second-order valence-corrected chi connectivity index (χ2v) is 7.08. The molecule has 0 unspecified atom stereocenters. The lowest BCUT2D eigenvalue weighted by Crippen LogP contribution is -2.04. The normalized spacial score (nSPS) is 11.9. The van der Waals surface area contributed by atoms with E-state index in [1.54, 1.807) is 6.26 Å². The van der Waals surface area contributed by atoms with E-state index in [2.05, 4.69) is 20.3 Å². The van der Waals surface area contributed by atoms with Crippen molar-refractivity contribution in [1.82, 2.24) is 24.9 Å². The molecule has 4 rings (SSSR count). The number of hydrogen-bond donors (Lipinski definition) is 0. The number of aromatic nitrogens is 5. The zero-order chi connectivity index (χ0) is 20.6. The van der Waals surface area contributed by atoms with Gasteiger partial charge >= 0.3 is 6.18 Å². The molecule has 0 radical (unpaired) electrons. The van der Waals surface area contributed by atoms with Gasteiger partial charge in [0.15, 0.2) is 11.0 Å². The third-order valence-corrected chi connectivity index (χ3v) is 5.18. The number of thioether (sulfide) groups is 1. The lowest BCUT2D eigenvalue weighted by Gasteiger charge is -2.06. The number of alkyl halides is 3. The first kappa shape index (κ1) is 19.2. The van der Waals surface area contributed by atoms with Gasteiger partial charge in [-0.3, -0.25) is 0 Å². The molecule has 0 aliphatic heterocycles. The Labute approximate surface area is 166 Å². The topological polar surface area (TPSA) is 82.8 Å². The second kappa shape index (κ2) is 7.39. The largest absolute Gasteiger partial charge is 0.469 e. The Morgan fingerprint density at radius 2 is 2.00 bits per heavy atom. The van der Waals surface area contributed by atoms with Gasteiger partial charge < -0.3 is 13.5 Å². The maximum absolute atomic E-state index is 12.9. The maximum atomic E-state index is 12.9. The van der Waals surface area contributed by atoms with Crippen LogP contribution in [0.25, 0.3) is 22.8 Å². The summed E-state index contributed by atoms with van der Waals surface area (Å²) in [4.78, 5) is 4.18. The molecule has 0 saturated carbocycles. The average Bonchev–Trinajstić information content (AvgIpc) is 3.40. The van der Waals surface area contributed by atoms with Crippen LogP contribution in [0.1, 0.15) is 17.2 Å². The molecule has 0 aliphatic rings. The molecule has 0 bridgehead atoms. The van der Waals surface area contributed by atoms with Crippen LogP contribution in [0.5, 0.6) is 0 Å². The van der Waals surface area contributed by atoms with Crippen molar-refractivity contribution in [3.8, 4) is 22.8 Å². The van der Waals surface area contributed by atoms with Crippen LogP contribution in [0.15, 0.2) is 50.7 Å². The lowest BCUT2D eigenvalue weighted by molar-refractivity contribution is -0.137. The molecule has 0 spiro atoms. The molecule has 0 atom stereocenters. The Hall–Kier alpha value is -3.08. The molecule has 0 N–H and O–H groups in total. The first-order valence-electron chi connectivity index (χ1n) is 8.40. The first-order valence-corrected chi connectivity index (χ1v) is 9.38. The number of rotatable bonds is 5. The Morgan fingerprint density at radius 1 is 1.17 bits per heavy atom. The minimum absolute atomic E-state index is 0.0966. The van der Waals surface area contributed by atoms with Gasteiger partial charge in [-0.25, -0.2) is 0 Å². The van der Waals surface area contributed by atoms with Crippen molar-refractivity contribution in [2.75, 3.05) is 0 Å². The average molecular weight is 421 g/mol. The molecule has 0 aliphatic carbocycles. The predicted octanol–water partition coefficient (Wildman–Crippen LogP) is 4.74. The molecule has 150 valence electrons. The summed E-state index contributed by atoms with van der Waals surface area (Å²) in [6, 6.07) is 6.60. The zero-order valence-corrected chi connectivity index (χ0v) is 16.1. The van der Waals surface area contributed by atoms with E-state index < -0.39 is 11.7 Å². The van der Waals surface area contributed by atoms with Gasteiger partial charge in [0.05, 0.1) is 23.1 Å². The third kappa shape index (κ3) is 3.90. The van der Waals surface area contributed by atoms with Crippen LogP contribution in [0.2, 0.25) is 0 Å². The Bertz CT molecular complexity index is 1150. The summed E-state index contributed by atoms with van der Waals surface area (Å²) in [5.74, 6) is 2.06. The van der Waals surface area contributed by atoms with Gasteiger partial charge in [0.25, 0.3) is 0 Å². The van der Waals surface area contributed by atoms with Crippen LogP contribution in [0.3, 0.4) is 0 Å². The fourth-order valence-electron chi connectivity index (χ4n) is 2.68.